The zero-order valence-corrected chi connectivity index (χ0v) is 27.3. The number of nitrogens with zero attached hydrogens (tertiary/aromatic N) is 7. The molecule has 2 fully saturated rings. The summed E-state index contributed by atoms with van der Waals surface area (Å²) >= 11 is 0. The van der Waals surface area contributed by atoms with E-state index in [9.17, 15) is 22.4 Å². The van der Waals surface area contributed by atoms with Crippen molar-refractivity contribution in [3.63, 3.8) is 0 Å². The van der Waals surface area contributed by atoms with Crippen molar-refractivity contribution in [3.8, 4) is 0 Å². The number of hydrogen-bond acceptors (Lipinski definition) is 8. The van der Waals surface area contributed by atoms with Gasteiger partial charge in [0, 0.05) is 32.0 Å². The first-order valence-electron chi connectivity index (χ1n) is 16.2. The molecule has 254 valence electrons. The molecule has 14 heteroatoms. The molecule has 2 aromatic rings. The van der Waals surface area contributed by atoms with Crippen LogP contribution in [0.15, 0.2) is 28.5 Å². The van der Waals surface area contributed by atoms with Gasteiger partial charge in [0.1, 0.15) is 12.4 Å². The van der Waals surface area contributed by atoms with E-state index in [0.29, 0.717) is 36.1 Å². The van der Waals surface area contributed by atoms with Crippen molar-refractivity contribution < 1.29 is 31.6 Å². The smallest absolute Gasteiger partial charge is 0.451 e. The lowest BCUT2D eigenvalue weighted by molar-refractivity contribution is -0.151. The lowest BCUT2D eigenvalue weighted by atomic mass is 9.90. The number of alkyl halides is 4. The number of carbonyl (C=O) groups is 1. The number of hydrogen-bond donors (Lipinski definition) is 0. The second-order valence-corrected chi connectivity index (χ2v) is 13.8. The van der Waals surface area contributed by atoms with E-state index < -0.39 is 24.2 Å². The molecule has 2 aliphatic heterocycles. The fourth-order valence-electron chi connectivity index (χ4n) is 6.78. The highest BCUT2D eigenvalue weighted by Gasteiger charge is 2.46. The van der Waals surface area contributed by atoms with Crippen molar-refractivity contribution in [3.05, 3.63) is 41.5 Å². The lowest BCUT2D eigenvalue weighted by Gasteiger charge is -2.40. The Balaban J connectivity index is 1.04. The van der Waals surface area contributed by atoms with Crippen LogP contribution in [0.5, 0.6) is 0 Å². The minimum absolute atomic E-state index is 0.0447. The number of rotatable bonds is 12. The number of fused-ring (bicyclic) bond motifs is 1. The molecule has 0 radical (unpaired) electrons. The van der Waals surface area contributed by atoms with E-state index in [1.165, 1.54) is 17.4 Å². The second kappa shape index (κ2) is 13.7. The molecule has 10 nitrogen and oxygen atoms in total. The fourth-order valence-corrected chi connectivity index (χ4v) is 6.78. The quantitative estimate of drug-likeness (QED) is 0.150. The van der Waals surface area contributed by atoms with Gasteiger partial charge in [0.15, 0.2) is 11.6 Å². The van der Waals surface area contributed by atoms with Crippen LogP contribution in [0.2, 0.25) is 0 Å². The topological polar surface area (TPSA) is 102 Å². The Morgan fingerprint density at radius 1 is 1.17 bits per heavy atom. The molecule has 0 spiro atoms. The van der Waals surface area contributed by atoms with E-state index in [-0.39, 0.29) is 43.1 Å². The van der Waals surface area contributed by atoms with E-state index in [4.69, 9.17) is 9.26 Å². The van der Waals surface area contributed by atoms with Gasteiger partial charge < -0.3 is 19.1 Å². The van der Waals surface area contributed by atoms with Gasteiger partial charge in [-0.15, -0.1) is 10.2 Å². The average molecular weight is 652 g/mol. The van der Waals surface area contributed by atoms with Crippen LogP contribution in [-0.4, -0.2) is 68.6 Å². The largest absolute Gasteiger partial charge is 0.494 e. The Labute approximate surface area is 267 Å². The molecule has 1 saturated heterocycles. The predicted molar refractivity (Wildman–Crippen MR) is 162 cm³/mol. The zero-order chi connectivity index (χ0) is 33.2. The van der Waals surface area contributed by atoms with Crippen LogP contribution in [0, 0.1) is 23.7 Å². The minimum atomic E-state index is -4.63. The summed E-state index contributed by atoms with van der Waals surface area (Å²) in [6.07, 6.45) is 4.68. The molecule has 0 N–H and O–H groups in total. The number of allylic oxidation sites excluding steroid dienone is 3. The lowest BCUT2D eigenvalue weighted by Crippen LogP contribution is -2.50. The number of anilines is 1. The zero-order valence-electron chi connectivity index (χ0n) is 27.3. The summed E-state index contributed by atoms with van der Waals surface area (Å²) in [5, 5.41) is 11.2. The molecule has 3 aliphatic rings. The first-order chi connectivity index (χ1) is 21.8. The van der Waals surface area contributed by atoms with Gasteiger partial charge in [0.05, 0.1) is 18.7 Å². The van der Waals surface area contributed by atoms with Gasteiger partial charge in [-0.3, -0.25) is 9.36 Å². The van der Waals surface area contributed by atoms with Crippen molar-refractivity contribution in [2.24, 2.45) is 23.7 Å². The van der Waals surface area contributed by atoms with Crippen LogP contribution in [0.3, 0.4) is 0 Å². The molecule has 0 bridgehead atoms. The molecule has 0 aromatic carbocycles. The van der Waals surface area contributed by atoms with Crippen LogP contribution in [0.1, 0.15) is 90.1 Å². The van der Waals surface area contributed by atoms with Gasteiger partial charge in [0.2, 0.25) is 11.7 Å². The average Bonchev–Trinajstić information content (AvgIpc) is 3.36. The van der Waals surface area contributed by atoms with Crippen molar-refractivity contribution in [2.45, 2.75) is 90.9 Å². The first-order valence-corrected chi connectivity index (χ1v) is 16.2. The molecule has 1 unspecified atom stereocenters. The normalized spacial score (nSPS) is 22.9. The first kappa shape index (κ1) is 33.9. The Kier molecular flexibility index (Phi) is 10.1. The maximum absolute atomic E-state index is 13.4. The molecule has 46 heavy (non-hydrogen) atoms. The summed E-state index contributed by atoms with van der Waals surface area (Å²) in [6, 6.07) is 0.616. The maximum Gasteiger partial charge on any atom is 0.451 e. The third-order valence-corrected chi connectivity index (χ3v) is 9.31. The van der Waals surface area contributed by atoms with Crippen molar-refractivity contribution >= 4 is 11.9 Å². The SMILES string of the molecule is CC(/C=C\C(=C/CF)OCC[C@@H]1C[C@@H]1C1CCN(c2nc(C(C)C)no2)CC1)CC(=O)N1Cc2nnc(C(F)(F)F)n2C(C)(C)C1. The number of carbonyl (C=O) groups excluding carboxylic acids is 1. The van der Waals surface area contributed by atoms with E-state index in [2.05, 4.69) is 25.2 Å². The van der Waals surface area contributed by atoms with Gasteiger partial charge in [-0.25, -0.2) is 4.39 Å². The summed E-state index contributed by atoms with van der Waals surface area (Å²) in [5.74, 6) is 2.01. The second-order valence-electron chi connectivity index (χ2n) is 13.8. The summed E-state index contributed by atoms with van der Waals surface area (Å²) in [6.45, 7) is 10.9. The molecule has 2 aromatic heterocycles. The Morgan fingerprint density at radius 2 is 1.91 bits per heavy atom. The standard InChI is InChI=1S/C32H45F4N7O3/c1-20(2)28-37-30(46-40-28)41-13-9-22(10-14-41)25-17-23(25)11-15-45-24(8-12-33)7-6-21(3)16-27(44)42-18-26-38-39-29(32(34,35)36)43(26)31(4,5)19-42/h6-8,20-23,25H,9-19H2,1-5H3/b7-6-,24-8+/t21?,23-,25-/m1/s1. The molecule has 4 heterocycles. The van der Waals surface area contributed by atoms with Gasteiger partial charge >= 0.3 is 12.2 Å². The number of aromatic nitrogens is 5. The molecule has 1 amide bonds. The van der Waals surface area contributed by atoms with Gasteiger partial charge in [0.25, 0.3) is 0 Å². The molecule has 3 atom stereocenters. The third-order valence-electron chi connectivity index (χ3n) is 9.31. The summed E-state index contributed by atoms with van der Waals surface area (Å²) in [7, 11) is 0. The van der Waals surface area contributed by atoms with E-state index >= 15 is 0 Å². The molecular formula is C32H45F4N7O3. The monoisotopic (exact) mass is 651 g/mol. The Bertz CT molecular complexity index is 1410. The van der Waals surface area contributed by atoms with Crippen LogP contribution in [0.4, 0.5) is 23.6 Å². The van der Waals surface area contributed by atoms with Crippen LogP contribution in [0.25, 0.3) is 0 Å². The van der Waals surface area contributed by atoms with Crippen molar-refractivity contribution in [1.29, 1.82) is 0 Å². The number of piperidine rings is 1. The van der Waals surface area contributed by atoms with Crippen LogP contribution >= 0.6 is 0 Å². The van der Waals surface area contributed by atoms with E-state index in [1.54, 1.807) is 26.0 Å². The van der Waals surface area contributed by atoms with E-state index in [1.807, 2.05) is 20.8 Å². The highest BCUT2D eigenvalue weighted by molar-refractivity contribution is 5.76. The molecular weight excluding hydrogens is 606 g/mol. The Hall–Kier alpha value is -3.45. The van der Waals surface area contributed by atoms with E-state index in [0.717, 1.165) is 42.7 Å². The molecule has 1 aliphatic carbocycles. The minimum Gasteiger partial charge on any atom is -0.494 e. The van der Waals surface area contributed by atoms with Gasteiger partial charge in [-0.05, 0) is 75.4 Å². The summed E-state index contributed by atoms with van der Waals surface area (Å²) in [5.41, 5.74) is -1.02. The molecule has 5 rings (SSSR count). The Morgan fingerprint density at radius 3 is 2.57 bits per heavy atom. The van der Waals surface area contributed by atoms with Crippen LogP contribution in [-0.2, 0) is 27.8 Å². The number of halogens is 4. The predicted octanol–water partition coefficient (Wildman–Crippen LogP) is 6.28. The van der Waals surface area contributed by atoms with Crippen molar-refractivity contribution in [2.75, 3.05) is 37.8 Å². The van der Waals surface area contributed by atoms with Gasteiger partial charge in [-0.1, -0.05) is 32.0 Å². The highest BCUT2D eigenvalue weighted by atomic mass is 19.4. The number of ether oxygens (including phenoxy) is 1. The van der Waals surface area contributed by atoms with Crippen molar-refractivity contribution in [1.82, 2.24) is 29.8 Å². The fraction of sp³-hybridized carbons (Fsp3) is 0.719. The number of amides is 1. The highest BCUT2D eigenvalue weighted by Crippen LogP contribution is 2.50. The van der Waals surface area contributed by atoms with Gasteiger partial charge in [-0.2, -0.15) is 18.2 Å². The summed E-state index contributed by atoms with van der Waals surface area (Å²) < 4.78 is 66.0. The van der Waals surface area contributed by atoms with Crippen LogP contribution < -0.4 is 4.90 Å². The third kappa shape index (κ3) is 7.91. The summed E-state index contributed by atoms with van der Waals surface area (Å²) in [4.78, 5) is 21.3. The molecule has 1 saturated carbocycles. The maximum atomic E-state index is 13.4.